The van der Waals surface area contributed by atoms with E-state index in [0.717, 1.165) is 11.1 Å². The molecule has 1 aliphatic heterocycles. The van der Waals surface area contributed by atoms with Crippen molar-refractivity contribution in [1.82, 2.24) is 0 Å². The maximum Gasteiger partial charge on any atom is 0.195 e. The van der Waals surface area contributed by atoms with Gasteiger partial charge < -0.3 is 0 Å². The molecule has 2 aromatic carbocycles. The minimum Gasteiger partial charge on any atom is -0.206 e. The highest BCUT2D eigenvalue weighted by Crippen LogP contribution is 2.36. The molecule has 4 bridgehead atoms. The van der Waals surface area contributed by atoms with Crippen molar-refractivity contribution in [3.8, 4) is 0 Å². The maximum atomic E-state index is 14.6. The third-order valence-corrected chi connectivity index (χ3v) is 7.34. The molecule has 140 valence electrons. The first-order chi connectivity index (χ1) is 12.3. The Balaban J connectivity index is 2.12. The van der Waals surface area contributed by atoms with Crippen LogP contribution in [0.25, 0.3) is 0 Å². The van der Waals surface area contributed by atoms with E-state index < -0.39 is 23.3 Å². The van der Waals surface area contributed by atoms with Crippen molar-refractivity contribution in [3.05, 3.63) is 67.8 Å². The van der Waals surface area contributed by atoms with E-state index in [2.05, 4.69) is 27.7 Å². The molecule has 0 nitrogen and oxygen atoms in total. The van der Waals surface area contributed by atoms with Gasteiger partial charge in [-0.15, -0.1) is 0 Å². The van der Waals surface area contributed by atoms with E-state index in [1.165, 1.54) is 45.8 Å². The second-order valence-corrected chi connectivity index (χ2v) is 8.63. The molecule has 0 spiro atoms. The number of thioether (sulfide) groups is 2. The largest absolute Gasteiger partial charge is 0.206 e. The standard InChI is InChI=1S/C20H20F4S2/c1-9-10(2)13-5-25-7-15-17(21)16(19(23)20(24)18(15)22)8-26-6-14(11(9)3)12(13)4/h5-8H2,1-4H3. The lowest BCUT2D eigenvalue weighted by molar-refractivity contribution is 0.421. The third-order valence-electron chi connectivity index (χ3n) is 5.37. The van der Waals surface area contributed by atoms with E-state index >= 15 is 0 Å². The van der Waals surface area contributed by atoms with E-state index in [0.29, 0.717) is 11.5 Å². The van der Waals surface area contributed by atoms with Crippen LogP contribution in [0.15, 0.2) is 0 Å². The SMILES string of the molecule is Cc1c(C)c2c(C)c(c1C)CSCc1c(F)c(F)c(F)c(c1F)CSC2. The summed E-state index contributed by atoms with van der Waals surface area (Å²) in [5.41, 5.74) is 6.36. The van der Waals surface area contributed by atoms with Gasteiger partial charge in [-0.3, -0.25) is 0 Å². The lowest BCUT2D eigenvalue weighted by atomic mass is 9.90. The van der Waals surface area contributed by atoms with Crippen LogP contribution in [0.4, 0.5) is 17.6 Å². The first kappa shape index (κ1) is 19.6. The van der Waals surface area contributed by atoms with Crippen molar-refractivity contribution >= 4 is 23.5 Å². The van der Waals surface area contributed by atoms with Crippen molar-refractivity contribution in [2.75, 3.05) is 0 Å². The van der Waals surface area contributed by atoms with Gasteiger partial charge in [0.05, 0.1) is 0 Å². The second-order valence-electron chi connectivity index (χ2n) is 6.66. The van der Waals surface area contributed by atoms with E-state index in [1.54, 1.807) is 0 Å². The first-order valence-corrected chi connectivity index (χ1v) is 10.6. The third kappa shape index (κ3) is 3.15. The number of hydrogen-bond acceptors (Lipinski definition) is 2. The molecule has 1 aliphatic rings. The number of fused-ring (bicyclic) bond motifs is 4. The van der Waals surface area contributed by atoms with E-state index in [4.69, 9.17) is 0 Å². The lowest BCUT2D eigenvalue weighted by Gasteiger charge is -2.22. The fourth-order valence-electron chi connectivity index (χ4n) is 3.41. The molecule has 26 heavy (non-hydrogen) atoms. The van der Waals surface area contributed by atoms with Gasteiger partial charge in [0.15, 0.2) is 17.5 Å². The molecule has 0 unspecified atom stereocenters. The van der Waals surface area contributed by atoms with Gasteiger partial charge in [0.2, 0.25) is 0 Å². The Hall–Kier alpha value is -1.14. The molecule has 0 aliphatic carbocycles. The van der Waals surface area contributed by atoms with Crippen LogP contribution in [0.3, 0.4) is 0 Å². The summed E-state index contributed by atoms with van der Waals surface area (Å²) in [5.74, 6) is -4.27. The van der Waals surface area contributed by atoms with Crippen molar-refractivity contribution in [1.29, 1.82) is 0 Å². The molecule has 0 atom stereocenters. The Morgan fingerprint density at radius 1 is 0.462 bits per heavy atom. The number of hydrogen-bond donors (Lipinski definition) is 0. The van der Waals surface area contributed by atoms with Gasteiger partial charge in [-0.25, -0.2) is 17.6 Å². The fourth-order valence-corrected chi connectivity index (χ4v) is 5.81. The normalized spacial score (nSPS) is 14.8. The van der Waals surface area contributed by atoms with Gasteiger partial charge in [-0.05, 0) is 61.1 Å². The Kier molecular flexibility index (Phi) is 5.63. The summed E-state index contributed by atoms with van der Waals surface area (Å²) in [6.45, 7) is 8.27. The molecular formula is C20H20F4S2. The monoisotopic (exact) mass is 400 g/mol. The predicted molar refractivity (Wildman–Crippen MR) is 102 cm³/mol. The predicted octanol–water partition coefficient (Wildman–Crippen LogP) is 6.66. The summed E-state index contributed by atoms with van der Waals surface area (Å²) in [4.78, 5) is 0. The van der Waals surface area contributed by atoms with Gasteiger partial charge in [0.25, 0.3) is 0 Å². The van der Waals surface area contributed by atoms with Crippen LogP contribution in [0.1, 0.15) is 44.5 Å². The second kappa shape index (κ2) is 7.47. The Morgan fingerprint density at radius 2 is 0.846 bits per heavy atom. The van der Waals surface area contributed by atoms with Crippen molar-refractivity contribution < 1.29 is 17.6 Å². The van der Waals surface area contributed by atoms with Crippen LogP contribution < -0.4 is 0 Å². The summed E-state index contributed by atoms with van der Waals surface area (Å²) >= 11 is 2.64. The van der Waals surface area contributed by atoms with E-state index in [9.17, 15) is 17.6 Å². The highest BCUT2D eigenvalue weighted by atomic mass is 32.2. The summed E-state index contributed by atoms with van der Waals surface area (Å²) < 4.78 is 56.7. The molecule has 2 aromatic rings. The molecule has 0 saturated heterocycles. The lowest BCUT2D eigenvalue weighted by Crippen LogP contribution is -2.09. The number of rotatable bonds is 0. The zero-order valence-electron chi connectivity index (χ0n) is 15.2. The molecule has 3 rings (SSSR count). The summed E-state index contributed by atoms with van der Waals surface area (Å²) in [6, 6.07) is 0. The number of halogens is 4. The van der Waals surface area contributed by atoms with Gasteiger partial charge in [0, 0.05) is 34.1 Å². The molecule has 0 N–H and O–H groups in total. The molecular weight excluding hydrogens is 380 g/mol. The summed E-state index contributed by atoms with van der Waals surface area (Å²) in [7, 11) is 0. The van der Waals surface area contributed by atoms with Crippen LogP contribution in [-0.2, 0) is 23.0 Å². The molecule has 0 radical (unpaired) electrons. The van der Waals surface area contributed by atoms with Crippen LogP contribution in [0.5, 0.6) is 0 Å². The van der Waals surface area contributed by atoms with Crippen molar-refractivity contribution in [3.63, 3.8) is 0 Å². The molecule has 0 amide bonds. The van der Waals surface area contributed by atoms with Crippen LogP contribution in [-0.4, -0.2) is 0 Å². The molecule has 0 saturated carbocycles. The Labute approximate surface area is 159 Å². The smallest absolute Gasteiger partial charge is 0.195 e. The zero-order valence-corrected chi connectivity index (χ0v) is 16.8. The van der Waals surface area contributed by atoms with Crippen LogP contribution in [0, 0.1) is 51.0 Å². The molecule has 0 aromatic heterocycles. The molecule has 6 heteroatoms. The maximum absolute atomic E-state index is 14.6. The van der Waals surface area contributed by atoms with E-state index in [-0.39, 0.29) is 22.6 Å². The highest BCUT2D eigenvalue weighted by molar-refractivity contribution is 7.98. The average molecular weight is 401 g/mol. The molecule has 0 fully saturated rings. The Bertz CT molecular complexity index is 755. The first-order valence-electron chi connectivity index (χ1n) is 8.32. The molecule has 1 heterocycles. The Morgan fingerprint density at radius 3 is 1.27 bits per heavy atom. The summed E-state index contributed by atoms with van der Waals surface area (Å²) in [6.07, 6.45) is 0. The quantitative estimate of drug-likeness (QED) is 0.276. The van der Waals surface area contributed by atoms with E-state index in [1.807, 2.05) is 0 Å². The van der Waals surface area contributed by atoms with Crippen molar-refractivity contribution in [2.24, 2.45) is 0 Å². The van der Waals surface area contributed by atoms with Crippen molar-refractivity contribution in [2.45, 2.75) is 50.7 Å². The van der Waals surface area contributed by atoms with Crippen LogP contribution >= 0.6 is 23.5 Å². The van der Waals surface area contributed by atoms with Crippen LogP contribution in [0.2, 0.25) is 0 Å². The van der Waals surface area contributed by atoms with Gasteiger partial charge in [-0.1, -0.05) is 0 Å². The highest BCUT2D eigenvalue weighted by Gasteiger charge is 2.26. The zero-order chi connectivity index (χ0) is 19.2. The minimum absolute atomic E-state index is 0.0341. The van der Waals surface area contributed by atoms with Gasteiger partial charge >= 0.3 is 0 Å². The minimum atomic E-state index is -1.58. The van der Waals surface area contributed by atoms with Gasteiger partial charge in [-0.2, -0.15) is 23.5 Å². The number of benzene rings is 2. The topological polar surface area (TPSA) is 0 Å². The fraction of sp³-hybridized carbons (Fsp3) is 0.400. The average Bonchev–Trinajstić information content (AvgIpc) is 2.61. The van der Waals surface area contributed by atoms with Gasteiger partial charge in [0.1, 0.15) is 5.82 Å². The summed E-state index contributed by atoms with van der Waals surface area (Å²) in [5, 5.41) is 0.